The Morgan fingerprint density at radius 3 is 2.52 bits per heavy atom. The maximum absolute atomic E-state index is 12.9. The van der Waals surface area contributed by atoms with Gasteiger partial charge >= 0.3 is 0 Å². The van der Waals surface area contributed by atoms with Gasteiger partial charge in [0.2, 0.25) is 0 Å². The Hall–Kier alpha value is -3.15. The Morgan fingerprint density at radius 1 is 1.12 bits per heavy atom. The molecular weight excluding hydrogens is 321 g/mol. The van der Waals surface area contributed by atoms with E-state index in [9.17, 15) is 9.18 Å². The van der Waals surface area contributed by atoms with E-state index in [0.717, 1.165) is 17.0 Å². The van der Waals surface area contributed by atoms with E-state index >= 15 is 0 Å². The van der Waals surface area contributed by atoms with Crippen molar-refractivity contribution in [2.45, 2.75) is 13.5 Å². The van der Waals surface area contributed by atoms with Crippen LogP contribution in [0.1, 0.15) is 12.5 Å². The molecule has 0 unspecified atom stereocenters. The molecular formula is C19H18FN3O2. The molecule has 25 heavy (non-hydrogen) atoms. The highest BCUT2D eigenvalue weighted by molar-refractivity contribution is 5.41. The van der Waals surface area contributed by atoms with Crippen molar-refractivity contribution in [3.8, 4) is 11.4 Å². The van der Waals surface area contributed by atoms with Crippen LogP contribution in [0.15, 0.2) is 65.7 Å². The van der Waals surface area contributed by atoms with Gasteiger partial charge in [0.05, 0.1) is 6.61 Å². The van der Waals surface area contributed by atoms with Crippen LogP contribution in [0.5, 0.6) is 5.75 Å². The lowest BCUT2D eigenvalue weighted by molar-refractivity contribution is 0.340. The quantitative estimate of drug-likeness (QED) is 0.748. The smallest absolute Gasteiger partial charge is 0.297 e. The lowest BCUT2D eigenvalue weighted by Gasteiger charge is -2.10. The van der Waals surface area contributed by atoms with Gasteiger partial charge in [0, 0.05) is 24.6 Å². The standard InChI is InChI=1S/C19H18FN3O2/c1-2-25-17-9-7-16(8-10-17)23-12-11-21-18(19(23)24)22-13-14-3-5-15(20)6-4-14/h3-12H,2,13H2,1H3,(H,21,22). The van der Waals surface area contributed by atoms with Gasteiger partial charge in [0.1, 0.15) is 11.6 Å². The fourth-order valence-electron chi connectivity index (χ4n) is 2.39. The zero-order chi connectivity index (χ0) is 17.6. The second-order valence-electron chi connectivity index (χ2n) is 5.36. The topological polar surface area (TPSA) is 56.1 Å². The molecule has 0 spiro atoms. The second-order valence-corrected chi connectivity index (χ2v) is 5.36. The van der Waals surface area contributed by atoms with Crippen molar-refractivity contribution in [2.75, 3.05) is 11.9 Å². The summed E-state index contributed by atoms with van der Waals surface area (Å²) in [7, 11) is 0. The third kappa shape index (κ3) is 4.03. The average molecular weight is 339 g/mol. The van der Waals surface area contributed by atoms with Crippen LogP contribution in [-0.4, -0.2) is 16.2 Å². The Morgan fingerprint density at radius 2 is 1.84 bits per heavy atom. The number of anilines is 1. The average Bonchev–Trinajstić information content (AvgIpc) is 2.63. The molecule has 0 bridgehead atoms. The minimum Gasteiger partial charge on any atom is -0.494 e. The van der Waals surface area contributed by atoms with Crippen molar-refractivity contribution < 1.29 is 9.13 Å². The summed E-state index contributed by atoms with van der Waals surface area (Å²) >= 11 is 0. The van der Waals surface area contributed by atoms with Crippen molar-refractivity contribution in [3.63, 3.8) is 0 Å². The molecule has 6 heteroatoms. The molecule has 0 atom stereocenters. The molecule has 3 aromatic rings. The van der Waals surface area contributed by atoms with E-state index in [1.165, 1.54) is 16.7 Å². The normalized spacial score (nSPS) is 10.5. The number of benzene rings is 2. The predicted octanol–water partition coefficient (Wildman–Crippen LogP) is 3.38. The fourth-order valence-corrected chi connectivity index (χ4v) is 2.39. The highest BCUT2D eigenvalue weighted by Gasteiger charge is 2.07. The van der Waals surface area contributed by atoms with Gasteiger partial charge in [-0.2, -0.15) is 0 Å². The van der Waals surface area contributed by atoms with E-state index in [0.29, 0.717) is 13.2 Å². The van der Waals surface area contributed by atoms with Crippen LogP contribution >= 0.6 is 0 Å². The maximum Gasteiger partial charge on any atom is 0.297 e. The second kappa shape index (κ2) is 7.61. The first-order chi connectivity index (χ1) is 12.2. The van der Waals surface area contributed by atoms with Gasteiger partial charge < -0.3 is 10.1 Å². The van der Waals surface area contributed by atoms with E-state index in [1.54, 1.807) is 24.5 Å². The van der Waals surface area contributed by atoms with Crippen LogP contribution < -0.4 is 15.6 Å². The van der Waals surface area contributed by atoms with Crippen molar-refractivity contribution in [2.24, 2.45) is 0 Å². The predicted molar refractivity (Wildman–Crippen MR) is 94.7 cm³/mol. The number of aromatic nitrogens is 2. The van der Waals surface area contributed by atoms with Gasteiger partial charge in [0.15, 0.2) is 5.82 Å². The molecule has 1 heterocycles. The molecule has 1 aromatic heterocycles. The van der Waals surface area contributed by atoms with Crippen LogP contribution in [0.3, 0.4) is 0 Å². The molecule has 0 aliphatic rings. The number of rotatable bonds is 6. The fraction of sp³-hybridized carbons (Fsp3) is 0.158. The van der Waals surface area contributed by atoms with Crippen LogP contribution in [0.2, 0.25) is 0 Å². The molecule has 3 rings (SSSR count). The van der Waals surface area contributed by atoms with E-state index < -0.39 is 0 Å². The minimum absolute atomic E-state index is 0.237. The van der Waals surface area contributed by atoms with Gasteiger partial charge in [-0.15, -0.1) is 0 Å². The van der Waals surface area contributed by atoms with Crippen LogP contribution in [-0.2, 0) is 6.54 Å². The third-order valence-electron chi connectivity index (χ3n) is 3.64. The summed E-state index contributed by atoms with van der Waals surface area (Å²) in [5, 5.41) is 3.00. The van der Waals surface area contributed by atoms with Gasteiger partial charge in [-0.05, 0) is 48.9 Å². The summed E-state index contributed by atoms with van der Waals surface area (Å²) in [6.45, 7) is 2.89. The number of ether oxygens (including phenoxy) is 1. The third-order valence-corrected chi connectivity index (χ3v) is 3.64. The highest BCUT2D eigenvalue weighted by atomic mass is 19.1. The number of nitrogens with zero attached hydrogens (tertiary/aromatic N) is 2. The van der Waals surface area contributed by atoms with Crippen molar-refractivity contribution in [1.82, 2.24) is 9.55 Å². The van der Waals surface area contributed by atoms with Crippen molar-refractivity contribution >= 4 is 5.82 Å². The Labute approximate surface area is 144 Å². The summed E-state index contributed by atoms with van der Waals surface area (Å²) < 4.78 is 19.9. The Balaban J connectivity index is 1.79. The van der Waals surface area contributed by atoms with E-state index in [-0.39, 0.29) is 17.2 Å². The first-order valence-corrected chi connectivity index (χ1v) is 7.96. The van der Waals surface area contributed by atoms with E-state index in [1.807, 2.05) is 31.2 Å². The summed E-state index contributed by atoms with van der Waals surface area (Å²) in [5.74, 6) is 0.697. The van der Waals surface area contributed by atoms with Crippen LogP contribution in [0, 0.1) is 5.82 Å². The lowest BCUT2D eigenvalue weighted by Crippen LogP contribution is -2.23. The molecule has 0 saturated carbocycles. The first-order valence-electron chi connectivity index (χ1n) is 7.96. The molecule has 0 radical (unpaired) electrons. The summed E-state index contributed by atoms with van der Waals surface area (Å²) in [5.41, 5.74) is 1.33. The molecule has 0 amide bonds. The van der Waals surface area contributed by atoms with Crippen molar-refractivity contribution in [1.29, 1.82) is 0 Å². The molecule has 5 nitrogen and oxygen atoms in total. The van der Waals surface area contributed by atoms with Gasteiger partial charge in [-0.25, -0.2) is 9.37 Å². The van der Waals surface area contributed by atoms with Gasteiger partial charge in [-0.3, -0.25) is 9.36 Å². The summed E-state index contributed by atoms with van der Waals surface area (Å²) in [4.78, 5) is 16.7. The zero-order valence-electron chi connectivity index (χ0n) is 13.8. The Bertz CT molecular complexity index is 890. The Kier molecular flexibility index (Phi) is 5.09. The molecule has 0 aliphatic heterocycles. The zero-order valence-corrected chi connectivity index (χ0v) is 13.8. The largest absolute Gasteiger partial charge is 0.494 e. The minimum atomic E-state index is -0.292. The lowest BCUT2D eigenvalue weighted by atomic mass is 10.2. The molecule has 0 saturated heterocycles. The molecule has 128 valence electrons. The first kappa shape index (κ1) is 16.7. The van der Waals surface area contributed by atoms with E-state index in [2.05, 4.69) is 10.3 Å². The van der Waals surface area contributed by atoms with Crippen LogP contribution in [0.4, 0.5) is 10.2 Å². The van der Waals surface area contributed by atoms with E-state index in [4.69, 9.17) is 4.74 Å². The van der Waals surface area contributed by atoms with Gasteiger partial charge in [-0.1, -0.05) is 12.1 Å². The maximum atomic E-state index is 12.9. The summed E-state index contributed by atoms with van der Waals surface area (Å²) in [6.07, 6.45) is 3.17. The summed E-state index contributed by atoms with van der Waals surface area (Å²) in [6, 6.07) is 13.4. The molecule has 1 N–H and O–H groups in total. The highest BCUT2D eigenvalue weighted by Crippen LogP contribution is 2.14. The molecule has 0 fully saturated rings. The molecule has 0 aliphatic carbocycles. The number of nitrogens with one attached hydrogen (secondary N) is 1. The number of hydrogen-bond donors (Lipinski definition) is 1. The molecule has 2 aromatic carbocycles. The van der Waals surface area contributed by atoms with Crippen molar-refractivity contribution in [3.05, 3.63) is 82.7 Å². The SMILES string of the molecule is CCOc1ccc(-n2ccnc(NCc3ccc(F)cc3)c2=O)cc1. The number of halogens is 1. The van der Waals surface area contributed by atoms with Gasteiger partial charge in [0.25, 0.3) is 5.56 Å². The van der Waals surface area contributed by atoms with Crippen LogP contribution in [0.25, 0.3) is 5.69 Å². The monoisotopic (exact) mass is 339 g/mol. The number of hydrogen-bond acceptors (Lipinski definition) is 4.